The molecule has 3 N–H and O–H groups in total. The molecule has 2 atom stereocenters. The number of nitrogens with one attached hydrogen (secondary N) is 2. The van der Waals surface area contributed by atoms with Crippen LogP contribution in [0.5, 0.6) is 0 Å². The van der Waals surface area contributed by atoms with Crippen molar-refractivity contribution in [1.82, 2.24) is 10.6 Å². The molecule has 0 bridgehead atoms. The van der Waals surface area contributed by atoms with Crippen LogP contribution < -0.4 is 10.6 Å². The molecule has 0 aromatic heterocycles. The summed E-state index contributed by atoms with van der Waals surface area (Å²) in [6.45, 7) is 2.27. The van der Waals surface area contributed by atoms with Gasteiger partial charge in [-0.2, -0.15) is 0 Å². The molecular weight excluding hydrogens is 276 g/mol. The van der Waals surface area contributed by atoms with E-state index in [0.29, 0.717) is 19.3 Å². The van der Waals surface area contributed by atoms with Gasteiger partial charge in [0, 0.05) is 0 Å². The first-order valence-electron chi connectivity index (χ1n) is 7.45. The zero-order valence-corrected chi connectivity index (χ0v) is 12.2. The van der Waals surface area contributed by atoms with Crippen molar-refractivity contribution in [3.63, 3.8) is 0 Å². The maximum atomic E-state index is 11.9. The summed E-state index contributed by atoms with van der Waals surface area (Å²) in [7, 11) is 0. The minimum Gasteiger partial charge on any atom is -0.480 e. The van der Waals surface area contributed by atoms with Crippen LogP contribution in [0.1, 0.15) is 45.4 Å². The number of carbonyl (C=O) groups excluding carboxylic acids is 2. The predicted molar refractivity (Wildman–Crippen MR) is 73.6 cm³/mol. The first-order valence-corrected chi connectivity index (χ1v) is 7.45. The van der Waals surface area contributed by atoms with Gasteiger partial charge in [-0.1, -0.05) is 12.8 Å². The third kappa shape index (κ3) is 3.59. The fraction of sp³-hybridized carbons (Fsp3) is 0.786. The summed E-state index contributed by atoms with van der Waals surface area (Å²) in [5, 5.41) is 15.2. The van der Waals surface area contributed by atoms with E-state index in [1.165, 1.54) is 6.92 Å². The van der Waals surface area contributed by atoms with Crippen molar-refractivity contribution in [3.8, 4) is 0 Å². The summed E-state index contributed by atoms with van der Waals surface area (Å²) < 4.78 is 4.84. The second kappa shape index (κ2) is 6.53. The second-order valence-corrected chi connectivity index (χ2v) is 5.85. The molecule has 21 heavy (non-hydrogen) atoms. The topological polar surface area (TPSA) is 105 Å². The molecule has 0 aromatic rings. The van der Waals surface area contributed by atoms with Crippen LogP contribution in [0, 0.1) is 0 Å². The molecule has 1 unspecified atom stereocenters. The average molecular weight is 298 g/mol. The monoisotopic (exact) mass is 298 g/mol. The highest BCUT2D eigenvalue weighted by atomic mass is 16.6. The van der Waals surface area contributed by atoms with Gasteiger partial charge in [0.15, 0.2) is 0 Å². The van der Waals surface area contributed by atoms with E-state index in [2.05, 4.69) is 10.6 Å². The molecule has 0 amide bonds. The maximum Gasteiger partial charge on any atom is 0.330 e. The number of carboxylic acid groups (broad SMARTS) is 1. The molecule has 1 aliphatic heterocycles. The minimum absolute atomic E-state index is 0.430. The fourth-order valence-electron chi connectivity index (χ4n) is 3.02. The molecule has 1 heterocycles. The third-order valence-corrected chi connectivity index (χ3v) is 4.26. The number of carboxylic acids is 1. The van der Waals surface area contributed by atoms with Gasteiger partial charge in [0.25, 0.3) is 0 Å². The van der Waals surface area contributed by atoms with Gasteiger partial charge < -0.3 is 15.2 Å². The number of esters is 2. The van der Waals surface area contributed by atoms with E-state index in [1.807, 2.05) is 0 Å². The van der Waals surface area contributed by atoms with Gasteiger partial charge in [0.1, 0.15) is 17.6 Å². The third-order valence-electron chi connectivity index (χ3n) is 4.26. The molecule has 2 rings (SSSR count). The molecule has 1 aliphatic carbocycles. The highest BCUT2D eigenvalue weighted by Gasteiger charge is 2.43. The summed E-state index contributed by atoms with van der Waals surface area (Å²) in [5.41, 5.74) is -1.08. The van der Waals surface area contributed by atoms with Crippen molar-refractivity contribution in [1.29, 1.82) is 0 Å². The zero-order chi connectivity index (χ0) is 15.5. The van der Waals surface area contributed by atoms with E-state index in [0.717, 1.165) is 25.8 Å². The molecule has 1 saturated heterocycles. The van der Waals surface area contributed by atoms with Gasteiger partial charge in [0.2, 0.25) is 0 Å². The number of hydrogen-bond donors (Lipinski definition) is 3. The Morgan fingerprint density at radius 2 is 1.95 bits per heavy atom. The van der Waals surface area contributed by atoms with Crippen molar-refractivity contribution in [3.05, 3.63) is 0 Å². The molecule has 0 spiro atoms. The van der Waals surface area contributed by atoms with Crippen LogP contribution in [-0.4, -0.2) is 47.2 Å². The lowest BCUT2D eigenvalue weighted by Crippen LogP contribution is -2.56. The van der Waals surface area contributed by atoms with Crippen molar-refractivity contribution >= 4 is 17.9 Å². The van der Waals surface area contributed by atoms with Crippen LogP contribution in [-0.2, 0) is 19.1 Å². The molecule has 2 fully saturated rings. The summed E-state index contributed by atoms with van der Waals surface area (Å²) in [6.07, 6.45) is 4.13. The number of ether oxygens (including phenoxy) is 1. The highest BCUT2D eigenvalue weighted by molar-refractivity contribution is 5.91. The number of aliphatic carboxylic acids is 1. The quantitative estimate of drug-likeness (QED) is 0.491. The Bertz CT molecular complexity index is 425. The van der Waals surface area contributed by atoms with E-state index >= 15 is 0 Å². The Hall–Kier alpha value is -1.47. The van der Waals surface area contributed by atoms with Crippen LogP contribution >= 0.6 is 0 Å². The lowest BCUT2D eigenvalue weighted by Gasteiger charge is -2.28. The van der Waals surface area contributed by atoms with Gasteiger partial charge in [-0.15, -0.1) is 0 Å². The van der Waals surface area contributed by atoms with Crippen LogP contribution in [0.3, 0.4) is 0 Å². The van der Waals surface area contributed by atoms with Gasteiger partial charge in [0.05, 0.1) is 0 Å². The molecule has 7 nitrogen and oxygen atoms in total. The number of rotatable bonds is 5. The van der Waals surface area contributed by atoms with E-state index in [1.54, 1.807) is 0 Å². The first kappa shape index (κ1) is 15.9. The van der Waals surface area contributed by atoms with Gasteiger partial charge in [-0.05, 0) is 39.2 Å². The normalized spacial score (nSPS) is 25.5. The van der Waals surface area contributed by atoms with E-state index in [4.69, 9.17) is 4.74 Å². The first-order chi connectivity index (χ1) is 9.94. The summed E-state index contributed by atoms with van der Waals surface area (Å²) in [4.78, 5) is 35.1. The lowest BCUT2D eigenvalue weighted by atomic mass is 9.96. The van der Waals surface area contributed by atoms with Gasteiger partial charge in [-0.3, -0.25) is 10.1 Å². The minimum atomic E-state index is -1.08. The predicted octanol–water partition coefficient (Wildman–Crippen LogP) is 0.184. The van der Waals surface area contributed by atoms with E-state index < -0.39 is 35.5 Å². The molecule has 2 aliphatic rings. The molecular formula is C14H22N2O5. The Kier molecular flexibility index (Phi) is 4.95. The van der Waals surface area contributed by atoms with Crippen LogP contribution in [0.25, 0.3) is 0 Å². The van der Waals surface area contributed by atoms with Gasteiger partial charge in [-0.25, -0.2) is 9.59 Å². The molecule has 0 aromatic carbocycles. The smallest absolute Gasteiger partial charge is 0.330 e. The van der Waals surface area contributed by atoms with Crippen molar-refractivity contribution in [2.45, 2.75) is 63.1 Å². The van der Waals surface area contributed by atoms with Crippen molar-refractivity contribution in [2.75, 3.05) is 6.54 Å². The summed E-state index contributed by atoms with van der Waals surface area (Å²) >= 11 is 0. The Labute approximate surface area is 123 Å². The van der Waals surface area contributed by atoms with Crippen molar-refractivity contribution in [2.24, 2.45) is 0 Å². The second-order valence-electron chi connectivity index (χ2n) is 5.85. The largest absolute Gasteiger partial charge is 0.480 e. The molecule has 7 heteroatoms. The zero-order valence-electron chi connectivity index (χ0n) is 12.2. The van der Waals surface area contributed by atoms with E-state index in [9.17, 15) is 19.5 Å². The lowest BCUT2D eigenvalue weighted by molar-refractivity contribution is -0.162. The standard InChI is InChI=1S/C14H22N2O5/c1-9(16-14(13(19)20)6-2-3-7-14)11(17)21-12(18)10-5-4-8-15-10/h9-10,15-16H,2-8H2,1H3,(H,19,20)/t9?,10-/m0/s1. The van der Waals surface area contributed by atoms with Crippen LogP contribution in [0.2, 0.25) is 0 Å². The Morgan fingerprint density at radius 1 is 1.29 bits per heavy atom. The van der Waals surface area contributed by atoms with Gasteiger partial charge >= 0.3 is 17.9 Å². The fourth-order valence-corrected chi connectivity index (χ4v) is 3.02. The summed E-state index contributed by atoms with van der Waals surface area (Å²) in [6, 6.07) is -1.26. The average Bonchev–Trinajstić information content (AvgIpc) is 3.10. The van der Waals surface area contributed by atoms with Crippen LogP contribution in [0.15, 0.2) is 0 Å². The SMILES string of the molecule is CC(NC1(C(=O)O)CCCC1)C(=O)OC(=O)[C@@H]1CCCN1. The number of carbonyl (C=O) groups is 3. The highest BCUT2D eigenvalue weighted by Crippen LogP contribution is 2.30. The molecule has 118 valence electrons. The van der Waals surface area contributed by atoms with E-state index in [-0.39, 0.29) is 0 Å². The van der Waals surface area contributed by atoms with Crippen LogP contribution in [0.4, 0.5) is 0 Å². The number of hydrogen-bond acceptors (Lipinski definition) is 6. The maximum absolute atomic E-state index is 11.9. The molecule has 0 radical (unpaired) electrons. The molecule has 1 saturated carbocycles. The van der Waals surface area contributed by atoms with Crippen molar-refractivity contribution < 1.29 is 24.2 Å². The Morgan fingerprint density at radius 3 is 2.48 bits per heavy atom. The summed E-state index contributed by atoms with van der Waals surface area (Å²) in [5.74, 6) is -2.26. The Balaban J connectivity index is 1.89.